The molecule has 5 nitrogen and oxygen atoms in total. The molecule has 1 rings (SSSR count). The van der Waals surface area contributed by atoms with Gasteiger partial charge in [-0.2, -0.15) is 0 Å². The lowest BCUT2D eigenvalue weighted by molar-refractivity contribution is 0.00392. The summed E-state index contributed by atoms with van der Waals surface area (Å²) >= 11 is 0. The molecule has 2 unspecified atom stereocenters. The summed E-state index contributed by atoms with van der Waals surface area (Å²) in [6.07, 6.45) is -1.95. The van der Waals surface area contributed by atoms with Crippen LogP contribution in [0.15, 0.2) is 12.1 Å². The smallest absolute Gasteiger partial charge is 0.105 e. The van der Waals surface area contributed by atoms with Gasteiger partial charge in [0.25, 0.3) is 0 Å². The third kappa shape index (κ3) is 2.63. The van der Waals surface area contributed by atoms with Crippen LogP contribution < -0.4 is 11.5 Å². The van der Waals surface area contributed by atoms with Crippen molar-refractivity contribution in [2.45, 2.75) is 25.6 Å². The molecule has 16 heavy (non-hydrogen) atoms. The lowest BCUT2D eigenvalue weighted by Gasteiger charge is -2.20. The molecule has 1 aromatic rings. The number of nitrogen functional groups attached to an aromatic ring is 2. The minimum atomic E-state index is -1.06. The Morgan fingerprint density at radius 3 is 2.31 bits per heavy atom. The molecule has 0 saturated carbocycles. The van der Waals surface area contributed by atoms with Gasteiger partial charge in [-0.15, -0.1) is 0 Å². The van der Waals surface area contributed by atoms with Crippen LogP contribution >= 0.6 is 0 Å². The molecule has 5 heteroatoms. The number of benzene rings is 1. The highest BCUT2D eigenvalue weighted by molar-refractivity contribution is 5.66. The number of anilines is 2. The van der Waals surface area contributed by atoms with Crippen LogP contribution in [0, 0.1) is 6.92 Å². The van der Waals surface area contributed by atoms with E-state index < -0.39 is 12.2 Å². The Morgan fingerprint density at radius 1 is 1.19 bits per heavy atom. The highest BCUT2D eigenvalue weighted by Crippen LogP contribution is 2.27. The summed E-state index contributed by atoms with van der Waals surface area (Å²) in [6, 6.07) is 3.20. The Hall–Kier alpha value is -1.30. The zero-order valence-corrected chi connectivity index (χ0v) is 9.22. The van der Waals surface area contributed by atoms with E-state index in [-0.39, 0.29) is 13.0 Å². The standard InChI is InChI=1S/C11H18N2O3/c1-6-4-8(12)9(13)5-7(6)11(16)10(15)2-3-14/h4-5,10-11,14-16H,2-3,12-13H2,1H3. The second kappa shape index (κ2) is 5.16. The van der Waals surface area contributed by atoms with E-state index in [0.29, 0.717) is 16.9 Å². The van der Waals surface area contributed by atoms with Gasteiger partial charge < -0.3 is 26.8 Å². The van der Waals surface area contributed by atoms with E-state index >= 15 is 0 Å². The van der Waals surface area contributed by atoms with Gasteiger partial charge in [0.15, 0.2) is 0 Å². The molecule has 0 heterocycles. The van der Waals surface area contributed by atoms with E-state index in [1.807, 2.05) is 0 Å². The molecule has 0 spiro atoms. The van der Waals surface area contributed by atoms with Crippen LogP contribution in [-0.2, 0) is 0 Å². The van der Waals surface area contributed by atoms with E-state index in [1.165, 1.54) is 0 Å². The van der Waals surface area contributed by atoms with Crippen molar-refractivity contribution < 1.29 is 15.3 Å². The number of nitrogens with two attached hydrogens (primary N) is 2. The number of aliphatic hydroxyl groups is 3. The zero-order chi connectivity index (χ0) is 12.3. The third-order valence-corrected chi connectivity index (χ3v) is 2.58. The van der Waals surface area contributed by atoms with E-state index in [2.05, 4.69) is 0 Å². The second-order valence-electron chi connectivity index (χ2n) is 3.86. The van der Waals surface area contributed by atoms with Gasteiger partial charge >= 0.3 is 0 Å². The van der Waals surface area contributed by atoms with E-state index in [0.717, 1.165) is 5.56 Å². The molecule has 0 aromatic heterocycles. The zero-order valence-electron chi connectivity index (χ0n) is 9.22. The number of hydrogen-bond donors (Lipinski definition) is 5. The molecule has 0 aliphatic rings. The first-order chi connectivity index (χ1) is 7.47. The molecule has 0 saturated heterocycles. The van der Waals surface area contributed by atoms with Crippen LogP contribution in [0.1, 0.15) is 23.7 Å². The van der Waals surface area contributed by atoms with Crippen LogP contribution in [0.25, 0.3) is 0 Å². The van der Waals surface area contributed by atoms with Gasteiger partial charge in [-0.3, -0.25) is 0 Å². The molecule has 0 amide bonds. The molecule has 0 fully saturated rings. The van der Waals surface area contributed by atoms with Crippen molar-refractivity contribution >= 4 is 11.4 Å². The van der Waals surface area contributed by atoms with Crippen LogP contribution in [0.3, 0.4) is 0 Å². The Bertz CT molecular complexity index is 368. The Kier molecular flexibility index (Phi) is 4.12. The summed E-state index contributed by atoms with van der Waals surface area (Å²) in [5.41, 5.74) is 13.4. The fourth-order valence-electron chi connectivity index (χ4n) is 1.58. The van der Waals surface area contributed by atoms with Gasteiger partial charge in [0.1, 0.15) is 6.10 Å². The summed E-state index contributed by atoms with van der Waals surface area (Å²) in [5.74, 6) is 0. The number of hydrogen-bond acceptors (Lipinski definition) is 5. The molecular formula is C11H18N2O3. The molecule has 1 aromatic carbocycles. The normalized spacial score (nSPS) is 14.8. The maximum absolute atomic E-state index is 9.86. The van der Waals surface area contributed by atoms with Crippen molar-refractivity contribution in [3.63, 3.8) is 0 Å². The Balaban J connectivity index is 2.99. The third-order valence-electron chi connectivity index (χ3n) is 2.58. The van der Waals surface area contributed by atoms with Crippen molar-refractivity contribution in [3.8, 4) is 0 Å². The summed E-state index contributed by atoms with van der Waals surface area (Å²) < 4.78 is 0. The quantitative estimate of drug-likeness (QED) is 0.461. The average molecular weight is 226 g/mol. The van der Waals surface area contributed by atoms with Crippen molar-refractivity contribution in [2.24, 2.45) is 0 Å². The van der Waals surface area contributed by atoms with Crippen molar-refractivity contribution in [2.75, 3.05) is 18.1 Å². The largest absolute Gasteiger partial charge is 0.397 e. The number of rotatable bonds is 4. The summed E-state index contributed by atoms with van der Waals surface area (Å²) in [7, 11) is 0. The highest BCUT2D eigenvalue weighted by atomic mass is 16.3. The van der Waals surface area contributed by atoms with Crippen LogP contribution in [0.4, 0.5) is 11.4 Å². The molecule has 90 valence electrons. The van der Waals surface area contributed by atoms with Crippen LogP contribution in [-0.4, -0.2) is 28.0 Å². The fourth-order valence-corrected chi connectivity index (χ4v) is 1.58. The average Bonchev–Trinajstić information content (AvgIpc) is 2.23. The topological polar surface area (TPSA) is 113 Å². The SMILES string of the molecule is Cc1cc(N)c(N)cc1C(O)C(O)CCO. The van der Waals surface area contributed by atoms with Gasteiger partial charge in [0, 0.05) is 6.61 Å². The summed E-state index contributed by atoms with van der Waals surface area (Å²) in [5, 5.41) is 28.1. The van der Waals surface area contributed by atoms with Gasteiger partial charge in [-0.25, -0.2) is 0 Å². The van der Waals surface area contributed by atoms with Gasteiger partial charge in [-0.1, -0.05) is 0 Å². The van der Waals surface area contributed by atoms with Crippen molar-refractivity contribution in [1.29, 1.82) is 0 Å². The summed E-state index contributed by atoms with van der Waals surface area (Å²) in [4.78, 5) is 0. The molecular weight excluding hydrogens is 208 g/mol. The Labute approximate surface area is 94.3 Å². The van der Waals surface area contributed by atoms with Gasteiger partial charge in [-0.05, 0) is 36.6 Å². The van der Waals surface area contributed by atoms with Gasteiger partial charge in [0.2, 0.25) is 0 Å². The van der Waals surface area contributed by atoms with E-state index in [1.54, 1.807) is 19.1 Å². The number of aliphatic hydroxyl groups excluding tert-OH is 3. The lowest BCUT2D eigenvalue weighted by atomic mass is 9.97. The first kappa shape index (κ1) is 12.8. The number of aryl methyl sites for hydroxylation is 1. The van der Waals surface area contributed by atoms with Crippen LogP contribution in [0.2, 0.25) is 0 Å². The minimum Gasteiger partial charge on any atom is -0.397 e. The van der Waals surface area contributed by atoms with E-state index in [4.69, 9.17) is 16.6 Å². The maximum atomic E-state index is 9.86. The summed E-state index contributed by atoms with van der Waals surface area (Å²) in [6.45, 7) is 1.60. The monoisotopic (exact) mass is 226 g/mol. The van der Waals surface area contributed by atoms with Crippen molar-refractivity contribution in [3.05, 3.63) is 23.3 Å². The molecule has 0 radical (unpaired) electrons. The predicted molar refractivity (Wildman–Crippen MR) is 62.7 cm³/mol. The predicted octanol–water partition coefficient (Wildman–Crippen LogP) is -0.0639. The van der Waals surface area contributed by atoms with Gasteiger partial charge in [0.05, 0.1) is 17.5 Å². The molecule has 0 bridgehead atoms. The van der Waals surface area contributed by atoms with Crippen molar-refractivity contribution in [1.82, 2.24) is 0 Å². The molecule has 7 N–H and O–H groups in total. The first-order valence-corrected chi connectivity index (χ1v) is 5.09. The maximum Gasteiger partial charge on any atom is 0.105 e. The molecule has 0 aliphatic heterocycles. The highest BCUT2D eigenvalue weighted by Gasteiger charge is 2.20. The van der Waals surface area contributed by atoms with Crippen LogP contribution in [0.5, 0.6) is 0 Å². The van der Waals surface area contributed by atoms with E-state index in [9.17, 15) is 10.2 Å². The molecule has 2 atom stereocenters. The Morgan fingerprint density at radius 2 is 1.75 bits per heavy atom. The first-order valence-electron chi connectivity index (χ1n) is 5.09. The minimum absolute atomic E-state index is 0.116. The fraction of sp³-hybridized carbons (Fsp3) is 0.455. The second-order valence-corrected chi connectivity index (χ2v) is 3.86. The lowest BCUT2D eigenvalue weighted by Crippen LogP contribution is -2.20. The molecule has 0 aliphatic carbocycles.